The Hall–Kier alpha value is -4.73. The molecule has 0 spiro atoms. The molecule has 2 aromatic carbocycles. The Morgan fingerprint density at radius 3 is 2.54 bits per heavy atom. The Morgan fingerprint density at radius 1 is 1.08 bits per heavy atom. The van der Waals surface area contributed by atoms with Crippen molar-refractivity contribution < 1.29 is 9.32 Å². The zero-order valence-electron chi connectivity index (χ0n) is 22.2. The SMILES string of the molecule is CC(C)(C)c1cc(NC(=O)NC2CCc3c(c(-c4ccc(N)c(C=N)c4)nc4ccc(N)c(C=N)c34)C2)no1. The molecule has 5 rings (SSSR count). The molecular formula is C29H32N8O2. The van der Waals surface area contributed by atoms with Gasteiger partial charge in [-0.05, 0) is 54.7 Å². The number of hydrogen-bond acceptors (Lipinski definition) is 8. The maximum Gasteiger partial charge on any atom is 0.320 e. The third kappa shape index (κ3) is 4.93. The first-order chi connectivity index (χ1) is 18.6. The van der Waals surface area contributed by atoms with Crippen LogP contribution in [0.15, 0.2) is 40.9 Å². The van der Waals surface area contributed by atoms with Crippen molar-refractivity contribution in [1.29, 1.82) is 10.8 Å². The standard InChI is InChI=1S/C29H32N8O2/c1-29(2,3)24-12-25(37-39-24)36-28(38)34-17-5-6-18-19(11-17)27(15-4-7-21(32)16(10-15)13-30)35-23-9-8-22(33)20(14-31)26(18)23/h4,7-10,12-14,17,30-31H,5-6,11,32-33H2,1-3H3,(H2,34,36,37,38). The number of nitrogens with one attached hydrogen (secondary N) is 4. The number of anilines is 3. The number of nitrogens with zero attached hydrogens (tertiary/aromatic N) is 2. The number of hydrogen-bond donors (Lipinski definition) is 6. The largest absolute Gasteiger partial charge is 0.398 e. The van der Waals surface area contributed by atoms with E-state index < -0.39 is 0 Å². The third-order valence-electron chi connectivity index (χ3n) is 7.12. The number of pyridine rings is 1. The lowest BCUT2D eigenvalue weighted by Crippen LogP contribution is -2.41. The number of carbonyl (C=O) groups is 1. The minimum absolute atomic E-state index is 0.162. The Labute approximate surface area is 226 Å². The molecule has 1 atom stereocenters. The summed E-state index contributed by atoms with van der Waals surface area (Å²) >= 11 is 0. The van der Waals surface area contributed by atoms with Gasteiger partial charge in [-0.1, -0.05) is 32.0 Å². The number of nitrogens with two attached hydrogens (primary N) is 2. The molecule has 4 aromatic rings. The Morgan fingerprint density at radius 2 is 1.85 bits per heavy atom. The van der Waals surface area contributed by atoms with Gasteiger partial charge in [0.15, 0.2) is 5.82 Å². The summed E-state index contributed by atoms with van der Waals surface area (Å²) in [5.41, 5.74) is 18.7. The quantitative estimate of drug-likeness (QED) is 0.157. The van der Waals surface area contributed by atoms with Gasteiger partial charge < -0.3 is 32.1 Å². The van der Waals surface area contributed by atoms with Gasteiger partial charge in [0.1, 0.15) is 5.76 Å². The number of carbonyl (C=O) groups excluding carboxylic acids is 1. The van der Waals surface area contributed by atoms with Crippen LogP contribution in [-0.4, -0.2) is 34.6 Å². The maximum absolute atomic E-state index is 12.9. The molecule has 2 aromatic heterocycles. The molecular weight excluding hydrogens is 492 g/mol. The van der Waals surface area contributed by atoms with Crippen LogP contribution in [0.3, 0.4) is 0 Å². The predicted molar refractivity (Wildman–Crippen MR) is 155 cm³/mol. The number of aryl methyl sites for hydroxylation is 1. The van der Waals surface area contributed by atoms with Crippen LogP contribution in [0.4, 0.5) is 22.0 Å². The lowest BCUT2D eigenvalue weighted by Gasteiger charge is -2.29. The number of fused-ring (bicyclic) bond motifs is 3. The van der Waals surface area contributed by atoms with Gasteiger partial charge in [-0.2, -0.15) is 0 Å². The van der Waals surface area contributed by atoms with E-state index in [1.54, 1.807) is 18.2 Å². The molecule has 0 saturated heterocycles. The molecule has 8 N–H and O–H groups in total. The van der Waals surface area contributed by atoms with Crippen molar-refractivity contribution in [3.63, 3.8) is 0 Å². The summed E-state index contributed by atoms with van der Waals surface area (Å²) in [5.74, 6) is 1.04. The van der Waals surface area contributed by atoms with E-state index in [2.05, 4.69) is 15.8 Å². The molecule has 0 saturated carbocycles. The lowest BCUT2D eigenvalue weighted by atomic mass is 9.82. The van der Waals surface area contributed by atoms with Crippen LogP contribution < -0.4 is 22.1 Å². The van der Waals surface area contributed by atoms with Gasteiger partial charge in [0.2, 0.25) is 0 Å². The van der Waals surface area contributed by atoms with Gasteiger partial charge in [-0.25, -0.2) is 9.78 Å². The van der Waals surface area contributed by atoms with Crippen LogP contribution in [0.25, 0.3) is 22.2 Å². The smallest absolute Gasteiger partial charge is 0.320 e. The van der Waals surface area contributed by atoms with Crippen molar-refractivity contribution in [2.45, 2.75) is 51.5 Å². The van der Waals surface area contributed by atoms with E-state index in [1.807, 2.05) is 39.0 Å². The maximum atomic E-state index is 12.9. The molecule has 2 amide bonds. The van der Waals surface area contributed by atoms with Crippen LogP contribution in [-0.2, 0) is 18.3 Å². The van der Waals surface area contributed by atoms with Gasteiger partial charge in [0.05, 0.1) is 11.2 Å². The highest BCUT2D eigenvalue weighted by atomic mass is 16.5. The van der Waals surface area contributed by atoms with Crippen LogP contribution in [0, 0.1) is 10.8 Å². The highest BCUT2D eigenvalue weighted by Gasteiger charge is 2.28. The summed E-state index contributed by atoms with van der Waals surface area (Å²) in [6.07, 6.45) is 4.40. The van der Waals surface area contributed by atoms with Gasteiger partial charge in [0, 0.05) is 63.4 Å². The fourth-order valence-corrected chi connectivity index (χ4v) is 5.07. The topological polar surface area (TPSA) is 180 Å². The second-order valence-electron chi connectivity index (χ2n) is 10.9. The average Bonchev–Trinajstić information content (AvgIpc) is 3.37. The molecule has 39 heavy (non-hydrogen) atoms. The van der Waals surface area contributed by atoms with Gasteiger partial charge in [-0.3, -0.25) is 5.32 Å². The molecule has 2 heterocycles. The fourth-order valence-electron chi connectivity index (χ4n) is 5.07. The van der Waals surface area contributed by atoms with Gasteiger partial charge in [0.25, 0.3) is 0 Å². The molecule has 0 bridgehead atoms. The summed E-state index contributed by atoms with van der Waals surface area (Å²) in [6, 6.07) is 10.4. The Balaban J connectivity index is 1.51. The van der Waals surface area contributed by atoms with E-state index in [0.717, 1.165) is 33.3 Å². The number of benzene rings is 2. The first kappa shape index (κ1) is 25.9. The van der Waals surface area contributed by atoms with E-state index in [1.165, 1.54) is 12.4 Å². The van der Waals surface area contributed by atoms with Crippen molar-refractivity contribution in [2.75, 3.05) is 16.8 Å². The van der Waals surface area contributed by atoms with Crippen LogP contribution in [0.1, 0.15) is 55.2 Å². The Bertz CT molecular complexity index is 1620. The number of urea groups is 1. The lowest BCUT2D eigenvalue weighted by molar-refractivity contribution is 0.247. The molecule has 1 aliphatic rings. The minimum Gasteiger partial charge on any atom is -0.398 e. The third-order valence-corrected chi connectivity index (χ3v) is 7.12. The summed E-state index contributed by atoms with van der Waals surface area (Å²) in [4.78, 5) is 17.9. The predicted octanol–water partition coefficient (Wildman–Crippen LogP) is 5.03. The molecule has 10 nitrogen and oxygen atoms in total. The number of nitrogen functional groups attached to an aromatic ring is 2. The molecule has 10 heteroatoms. The Kier molecular flexibility index (Phi) is 6.55. The molecule has 1 aliphatic carbocycles. The second-order valence-corrected chi connectivity index (χ2v) is 10.9. The molecule has 0 aliphatic heterocycles. The summed E-state index contributed by atoms with van der Waals surface area (Å²) in [5, 5.41) is 26.4. The minimum atomic E-state index is -0.365. The van der Waals surface area contributed by atoms with E-state index in [-0.39, 0.29) is 17.5 Å². The van der Waals surface area contributed by atoms with Gasteiger partial charge >= 0.3 is 6.03 Å². The van der Waals surface area contributed by atoms with E-state index in [4.69, 9.17) is 31.8 Å². The van der Waals surface area contributed by atoms with Crippen molar-refractivity contribution >= 4 is 46.6 Å². The summed E-state index contributed by atoms with van der Waals surface area (Å²) in [6.45, 7) is 6.03. The van der Waals surface area contributed by atoms with Gasteiger partial charge in [-0.15, -0.1) is 0 Å². The van der Waals surface area contributed by atoms with Crippen LogP contribution >= 0.6 is 0 Å². The summed E-state index contributed by atoms with van der Waals surface area (Å²) < 4.78 is 5.38. The van der Waals surface area contributed by atoms with Crippen LogP contribution in [0.2, 0.25) is 0 Å². The van der Waals surface area contributed by atoms with Crippen molar-refractivity contribution in [2.24, 2.45) is 0 Å². The highest BCUT2D eigenvalue weighted by Crippen LogP contribution is 2.38. The van der Waals surface area contributed by atoms with E-state index >= 15 is 0 Å². The van der Waals surface area contributed by atoms with Crippen molar-refractivity contribution in [1.82, 2.24) is 15.5 Å². The average molecular weight is 525 g/mol. The zero-order valence-corrected chi connectivity index (χ0v) is 22.2. The van der Waals surface area contributed by atoms with E-state index in [9.17, 15) is 4.79 Å². The normalized spacial score (nSPS) is 15.0. The number of amides is 2. The van der Waals surface area contributed by atoms with E-state index in [0.29, 0.717) is 53.3 Å². The zero-order chi connectivity index (χ0) is 27.9. The fraction of sp³-hybridized carbons (Fsp3) is 0.276. The van der Waals surface area contributed by atoms with Crippen molar-refractivity contribution in [3.8, 4) is 11.3 Å². The highest BCUT2D eigenvalue weighted by molar-refractivity contribution is 6.05. The first-order valence-corrected chi connectivity index (χ1v) is 12.8. The summed E-state index contributed by atoms with van der Waals surface area (Å²) in [7, 11) is 0. The molecule has 0 fully saturated rings. The second kappa shape index (κ2) is 9.86. The van der Waals surface area contributed by atoms with Crippen LogP contribution in [0.5, 0.6) is 0 Å². The molecule has 1 unspecified atom stereocenters. The number of aromatic nitrogens is 2. The number of rotatable bonds is 5. The monoisotopic (exact) mass is 524 g/mol. The molecule has 200 valence electrons. The molecule has 0 radical (unpaired) electrons. The first-order valence-electron chi connectivity index (χ1n) is 12.8. The van der Waals surface area contributed by atoms with Crippen molar-refractivity contribution in [3.05, 3.63) is 64.4 Å².